The highest BCUT2D eigenvalue weighted by atomic mass is 32.2. The SMILES string of the molecule is C=CCSC(S)(S)C=C. The van der Waals surface area contributed by atoms with Crippen molar-refractivity contribution < 1.29 is 0 Å². The highest BCUT2D eigenvalue weighted by Gasteiger charge is 2.13. The lowest BCUT2D eigenvalue weighted by atomic mass is 10.7. The van der Waals surface area contributed by atoms with Crippen molar-refractivity contribution in [2.24, 2.45) is 0 Å². The van der Waals surface area contributed by atoms with E-state index in [1.165, 1.54) is 0 Å². The van der Waals surface area contributed by atoms with Gasteiger partial charge >= 0.3 is 0 Å². The Kier molecular flexibility index (Phi) is 4.62. The molecule has 0 aliphatic carbocycles. The molecular formula is C6H10S3. The van der Waals surface area contributed by atoms with Gasteiger partial charge in [-0.3, -0.25) is 0 Å². The predicted molar refractivity (Wildman–Crippen MR) is 53.6 cm³/mol. The van der Waals surface area contributed by atoms with Gasteiger partial charge in [-0.05, 0) is 0 Å². The van der Waals surface area contributed by atoms with Crippen molar-refractivity contribution >= 4 is 37.0 Å². The monoisotopic (exact) mass is 178 g/mol. The molecule has 0 spiro atoms. The number of rotatable bonds is 4. The number of thioether (sulfide) groups is 1. The van der Waals surface area contributed by atoms with E-state index in [0.717, 1.165) is 5.75 Å². The minimum absolute atomic E-state index is 0.409. The van der Waals surface area contributed by atoms with Gasteiger partial charge in [-0.2, -0.15) is 0 Å². The van der Waals surface area contributed by atoms with Crippen LogP contribution in [0.15, 0.2) is 25.3 Å². The summed E-state index contributed by atoms with van der Waals surface area (Å²) in [6.45, 7) is 7.15. The molecule has 0 aromatic carbocycles. The molecule has 0 aromatic rings. The van der Waals surface area contributed by atoms with Gasteiger partial charge in [0.1, 0.15) is 3.41 Å². The van der Waals surface area contributed by atoms with Crippen LogP contribution in [0.5, 0.6) is 0 Å². The average Bonchev–Trinajstić information content (AvgIpc) is 1.84. The zero-order valence-electron chi connectivity index (χ0n) is 5.08. The topological polar surface area (TPSA) is 0 Å². The Morgan fingerprint density at radius 3 is 2.33 bits per heavy atom. The molecule has 0 aliphatic heterocycles. The zero-order chi connectivity index (χ0) is 7.33. The van der Waals surface area contributed by atoms with E-state index in [2.05, 4.69) is 38.4 Å². The van der Waals surface area contributed by atoms with Crippen LogP contribution in [0, 0.1) is 0 Å². The van der Waals surface area contributed by atoms with E-state index < -0.39 is 3.41 Å². The average molecular weight is 178 g/mol. The van der Waals surface area contributed by atoms with Crippen LogP contribution >= 0.6 is 37.0 Å². The third-order valence-electron chi connectivity index (χ3n) is 0.680. The van der Waals surface area contributed by atoms with Crippen molar-refractivity contribution in [3.63, 3.8) is 0 Å². The molecular weight excluding hydrogens is 168 g/mol. The standard InChI is InChI=1S/C6H10S3/c1-3-5-9-6(7,8)4-2/h3-4,7-8H,1-2,5H2. The lowest BCUT2D eigenvalue weighted by molar-refractivity contribution is 1.57. The second-order valence-electron chi connectivity index (χ2n) is 1.46. The summed E-state index contributed by atoms with van der Waals surface area (Å²) < 4.78 is -0.409. The van der Waals surface area contributed by atoms with Gasteiger partial charge in [0.15, 0.2) is 0 Å². The molecule has 0 amide bonds. The normalized spacial score (nSPS) is 10.9. The molecule has 0 rings (SSSR count). The second kappa shape index (κ2) is 4.36. The maximum atomic E-state index is 4.18. The minimum atomic E-state index is -0.409. The summed E-state index contributed by atoms with van der Waals surface area (Å²) in [4.78, 5) is 0. The maximum Gasteiger partial charge on any atom is 0.119 e. The van der Waals surface area contributed by atoms with Crippen LogP contribution < -0.4 is 0 Å². The summed E-state index contributed by atoms with van der Waals surface area (Å²) >= 11 is 9.93. The van der Waals surface area contributed by atoms with E-state index in [9.17, 15) is 0 Å². The largest absolute Gasteiger partial charge is 0.147 e. The lowest BCUT2D eigenvalue weighted by Crippen LogP contribution is -2.01. The Morgan fingerprint density at radius 1 is 1.44 bits per heavy atom. The molecule has 3 heteroatoms. The summed E-state index contributed by atoms with van der Waals surface area (Å²) in [6.07, 6.45) is 3.50. The van der Waals surface area contributed by atoms with Gasteiger partial charge in [0.05, 0.1) is 0 Å². The van der Waals surface area contributed by atoms with Gasteiger partial charge in [-0.25, -0.2) is 0 Å². The molecule has 0 saturated heterocycles. The van der Waals surface area contributed by atoms with E-state index >= 15 is 0 Å². The van der Waals surface area contributed by atoms with Crippen molar-refractivity contribution in [3.8, 4) is 0 Å². The highest BCUT2D eigenvalue weighted by molar-refractivity contribution is 8.24. The first-order valence-corrected chi connectivity index (χ1v) is 4.33. The van der Waals surface area contributed by atoms with Crippen LogP contribution in [0.1, 0.15) is 0 Å². The number of hydrogen-bond donors (Lipinski definition) is 2. The fourth-order valence-corrected chi connectivity index (χ4v) is 1.17. The molecule has 0 fully saturated rings. The molecule has 0 saturated carbocycles. The molecule has 0 atom stereocenters. The Bertz CT molecular complexity index is 107. The van der Waals surface area contributed by atoms with Crippen LogP contribution in [-0.4, -0.2) is 9.16 Å². The van der Waals surface area contributed by atoms with Gasteiger partial charge in [0.2, 0.25) is 0 Å². The summed E-state index contributed by atoms with van der Waals surface area (Å²) in [5.74, 6) is 0.846. The van der Waals surface area contributed by atoms with Crippen molar-refractivity contribution in [1.29, 1.82) is 0 Å². The van der Waals surface area contributed by atoms with Gasteiger partial charge in [0, 0.05) is 5.75 Å². The predicted octanol–water partition coefficient (Wildman–Crippen LogP) is 2.61. The van der Waals surface area contributed by atoms with Gasteiger partial charge in [0.25, 0.3) is 0 Å². The zero-order valence-corrected chi connectivity index (χ0v) is 7.68. The fraction of sp³-hybridized carbons (Fsp3) is 0.333. The first-order valence-electron chi connectivity index (χ1n) is 2.45. The summed E-state index contributed by atoms with van der Waals surface area (Å²) in [5, 5.41) is 0. The van der Waals surface area contributed by atoms with Crippen molar-refractivity contribution in [2.45, 2.75) is 3.41 Å². The third kappa shape index (κ3) is 5.00. The van der Waals surface area contributed by atoms with E-state index in [1.807, 2.05) is 6.08 Å². The highest BCUT2D eigenvalue weighted by Crippen LogP contribution is 2.34. The quantitative estimate of drug-likeness (QED) is 0.379. The first-order chi connectivity index (χ1) is 4.12. The Balaban J connectivity index is 3.57. The Hall–Kier alpha value is 0.530. The van der Waals surface area contributed by atoms with Crippen LogP contribution in [0.3, 0.4) is 0 Å². The Labute approximate surface area is 71.6 Å². The molecule has 0 nitrogen and oxygen atoms in total. The van der Waals surface area contributed by atoms with E-state index in [0.29, 0.717) is 0 Å². The minimum Gasteiger partial charge on any atom is -0.147 e. The van der Waals surface area contributed by atoms with Crippen molar-refractivity contribution in [2.75, 3.05) is 5.75 Å². The molecule has 0 aliphatic rings. The third-order valence-corrected chi connectivity index (χ3v) is 2.81. The molecule has 9 heavy (non-hydrogen) atoms. The molecule has 0 heterocycles. The van der Waals surface area contributed by atoms with Gasteiger partial charge in [-0.1, -0.05) is 12.2 Å². The van der Waals surface area contributed by atoms with Crippen molar-refractivity contribution in [3.05, 3.63) is 25.3 Å². The van der Waals surface area contributed by atoms with Crippen LogP contribution in [-0.2, 0) is 0 Å². The summed E-state index contributed by atoms with van der Waals surface area (Å²) in [5.41, 5.74) is 0. The van der Waals surface area contributed by atoms with E-state index in [-0.39, 0.29) is 0 Å². The Morgan fingerprint density at radius 2 is 2.00 bits per heavy atom. The maximum absolute atomic E-state index is 4.18. The van der Waals surface area contributed by atoms with Crippen molar-refractivity contribution in [1.82, 2.24) is 0 Å². The van der Waals surface area contributed by atoms with Gasteiger partial charge < -0.3 is 0 Å². The van der Waals surface area contributed by atoms with Crippen LogP contribution in [0.25, 0.3) is 0 Å². The van der Waals surface area contributed by atoms with Crippen LogP contribution in [0.4, 0.5) is 0 Å². The van der Waals surface area contributed by atoms with E-state index in [1.54, 1.807) is 17.8 Å². The van der Waals surface area contributed by atoms with E-state index in [4.69, 9.17) is 0 Å². The smallest absolute Gasteiger partial charge is 0.119 e. The van der Waals surface area contributed by atoms with Crippen LogP contribution in [0.2, 0.25) is 0 Å². The fourth-order valence-electron chi connectivity index (χ4n) is 0.240. The molecule has 0 unspecified atom stereocenters. The molecule has 0 aromatic heterocycles. The summed E-state index contributed by atoms with van der Waals surface area (Å²) in [7, 11) is 0. The second-order valence-corrected chi connectivity index (χ2v) is 5.10. The lowest BCUT2D eigenvalue weighted by Gasteiger charge is -2.14. The molecule has 52 valence electrons. The number of hydrogen-bond acceptors (Lipinski definition) is 3. The number of thiol groups is 2. The van der Waals surface area contributed by atoms with Gasteiger partial charge in [-0.15, -0.1) is 50.2 Å². The first kappa shape index (κ1) is 9.53. The molecule has 0 bridgehead atoms. The summed E-state index contributed by atoms with van der Waals surface area (Å²) in [6, 6.07) is 0. The molecule has 0 radical (unpaired) electrons. The molecule has 0 N–H and O–H groups in total.